The lowest BCUT2D eigenvalue weighted by molar-refractivity contribution is -0.138. The second kappa shape index (κ2) is 10.3. The number of nitrogens with zero attached hydrogens (tertiary/aromatic N) is 3. The molecule has 0 spiro atoms. The Bertz CT molecular complexity index is 899. The zero-order valence-electron chi connectivity index (χ0n) is 20.1. The Kier molecular flexibility index (Phi) is 7.73. The molecule has 3 atom stereocenters. The Morgan fingerprint density at radius 1 is 1.12 bits per heavy atom. The summed E-state index contributed by atoms with van der Waals surface area (Å²) in [4.78, 5) is 56.7. The van der Waals surface area contributed by atoms with Gasteiger partial charge in [-0.1, -0.05) is 13.8 Å². The zero-order chi connectivity index (χ0) is 24.3. The van der Waals surface area contributed by atoms with E-state index < -0.39 is 12.1 Å². The average Bonchev–Trinajstić information content (AvgIpc) is 3.34. The lowest BCUT2D eigenvalue weighted by Crippen LogP contribution is -2.53. The van der Waals surface area contributed by atoms with Crippen molar-refractivity contribution in [1.82, 2.24) is 20.4 Å². The van der Waals surface area contributed by atoms with Crippen molar-refractivity contribution in [2.45, 2.75) is 44.8 Å². The van der Waals surface area contributed by atoms with E-state index in [2.05, 4.69) is 10.6 Å². The number of carbonyl (C=O) groups is 4. The molecule has 9 nitrogen and oxygen atoms in total. The van der Waals surface area contributed by atoms with E-state index in [4.69, 9.17) is 0 Å². The molecule has 180 valence electrons. The van der Waals surface area contributed by atoms with E-state index in [1.807, 2.05) is 45.0 Å². The van der Waals surface area contributed by atoms with E-state index in [9.17, 15) is 19.2 Å². The van der Waals surface area contributed by atoms with E-state index >= 15 is 0 Å². The summed E-state index contributed by atoms with van der Waals surface area (Å²) in [7, 11) is 5.53. The molecule has 2 saturated heterocycles. The first-order valence-corrected chi connectivity index (χ1v) is 11.5. The molecule has 2 fully saturated rings. The number of likely N-dealkylation sites (tertiary alicyclic amines) is 2. The summed E-state index contributed by atoms with van der Waals surface area (Å²) >= 11 is 0. The van der Waals surface area contributed by atoms with Gasteiger partial charge in [0.1, 0.15) is 12.1 Å². The highest BCUT2D eigenvalue weighted by atomic mass is 16.2. The van der Waals surface area contributed by atoms with E-state index in [1.54, 1.807) is 29.0 Å². The fraction of sp³-hybridized carbons (Fsp3) is 0.583. The summed E-state index contributed by atoms with van der Waals surface area (Å²) in [5.41, 5.74) is 1.45. The number of carbonyl (C=O) groups excluding carboxylic acids is 4. The fourth-order valence-electron chi connectivity index (χ4n) is 4.69. The summed E-state index contributed by atoms with van der Waals surface area (Å²) in [6.45, 7) is 4.56. The molecule has 2 aliphatic heterocycles. The van der Waals surface area contributed by atoms with Crippen molar-refractivity contribution >= 4 is 29.2 Å². The summed E-state index contributed by atoms with van der Waals surface area (Å²) in [5.74, 6) is -0.670. The van der Waals surface area contributed by atoms with Crippen LogP contribution in [0.5, 0.6) is 0 Å². The molecule has 1 aromatic carbocycles. The third kappa shape index (κ3) is 5.35. The Balaban J connectivity index is 1.75. The number of hydrogen-bond donors (Lipinski definition) is 2. The predicted molar refractivity (Wildman–Crippen MR) is 126 cm³/mol. The van der Waals surface area contributed by atoms with Gasteiger partial charge in [-0.15, -0.1) is 0 Å². The van der Waals surface area contributed by atoms with Crippen LogP contribution >= 0.6 is 0 Å². The Hall–Kier alpha value is -2.94. The van der Waals surface area contributed by atoms with Crippen molar-refractivity contribution < 1.29 is 19.2 Å². The number of hydrogen-bond acceptors (Lipinski definition) is 6. The number of nitrogens with one attached hydrogen (secondary N) is 2. The fourth-order valence-corrected chi connectivity index (χ4v) is 4.69. The van der Waals surface area contributed by atoms with Crippen LogP contribution in [0.3, 0.4) is 0 Å². The van der Waals surface area contributed by atoms with E-state index in [-0.39, 0.29) is 48.6 Å². The smallest absolute Gasteiger partial charge is 0.251 e. The zero-order valence-corrected chi connectivity index (χ0v) is 20.1. The third-order valence-electron chi connectivity index (χ3n) is 6.31. The Labute approximate surface area is 195 Å². The first kappa shape index (κ1) is 24.7. The number of rotatable bonds is 8. The quantitative estimate of drug-likeness (QED) is 0.589. The van der Waals surface area contributed by atoms with E-state index in [0.29, 0.717) is 24.9 Å². The third-order valence-corrected chi connectivity index (χ3v) is 6.31. The molecule has 33 heavy (non-hydrogen) atoms. The minimum atomic E-state index is -0.736. The van der Waals surface area contributed by atoms with Crippen LogP contribution in [0.4, 0.5) is 5.69 Å². The second-order valence-electron chi connectivity index (χ2n) is 9.45. The summed E-state index contributed by atoms with van der Waals surface area (Å²) in [6, 6.07) is 5.51. The van der Waals surface area contributed by atoms with Crippen LogP contribution in [-0.4, -0.2) is 92.2 Å². The van der Waals surface area contributed by atoms with Crippen molar-refractivity contribution in [2.24, 2.45) is 5.92 Å². The molecule has 2 N–H and O–H groups in total. The molecule has 3 rings (SSSR count). The van der Waals surface area contributed by atoms with E-state index in [0.717, 1.165) is 5.69 Å². The van der Waals surface area contributed by atoms with E-state index in [1.165, 1.54) is 0 Å². The van der Waals surface area contributed by atoms with Crippen molar-refractivity contribution in [3.8, 4) is 0 Å². The highest BCUT2D eigenvalue weighted by molar-refractivity contribution is 6.01. The lowest BCUT2D eigenvalue weighted by Gasteiger charge is -2.29. The molecule has 0 radical (unpaired) electrons. The van der Waals surface area contributed by atoms with Crippen molar-refractivity contribution in [2.75, 3.05) is 45.7 Å². The lowest BCUT2D eigenvalue weighted by atomic mass is 10.0. The predicted octanol–water partition coefficient (Wildman–Crippen LogP) is 0.497. The molecular weight excluding hydrogens is 422 g/mol. The van der Waals surface area contributed by atoms with Gasteiger partial charge in [-0.25, -0.2) is 0 Å². The number of likely N-dealkylation sites (N-methyl/N-ethyl adjacent to an activating group) is 1. The number of anilines is 1. The molecule has 9 heteroatoms. The van der Waals surface area contributed by atoms with Gasteiger partial charge < -0.3 is 25.3 Å². The van der Waals surface area contributed by atoms with Crippen molar-refractivity contribution in [3.05, 3.63) is 29.8 Å². The van der Waals surface area contributed by atoms with Crippen LogP contribution < -0.4 is 15.5 Å². The van der Waals surface area contributed by atoms with Gasteiger partial charge in [-0.2, -0.15) is 0 Å². The minimum Gasteiger partial charge on any atom is -0.378 e. The highest BCUT2D eigenvalue weighted by Crippen LogP contribution is 2.30. The molecule has 1 aromatic rings. The monoisotopic (exact) mass is 457 g/mol. The Morgan fingerprint density at radius 3 is 2.36 bits per heavy atom. The molecule has 2 unspecified atom stereocenters. The van der Waals surface area contributed by atoms with Gasteiger partial charge >= 0.3 is 0 Å². The van der Waals surface area contributed by atoms with Crippen LogP contribution in [0.25, 0.3) is 0 Å². The van der Waals surface area contributed by atoms with Crippen molar-refractivity contribution in [3.63, 3.8) is 0 Å². The second-order valence-corrected chi connectivity index (χ2v) is 9.45. The summed E-state index contributed by atoms with van der Waals surface area (Å²) in [5, 5.41) is 5.72. The maximum atomic E-state index is 13.5. The number of benzene rings is 1. The number of Topliss-reactive ketones (excluding diaryl/α,β-unsaturated/α-hetero) is 1. The molecule has 0 aromatic heterocycles. The first-order valence-electron chi connectivity index (χ1n) is 11.5. The number of fused-ring (bicyclic) bond motifs is 1. The molecule has 0 aliphatic carbocycles. The standard InChI is InChI=1S/C24H35N5O4/c1-15(2)12-18(26-23(32)16-6-8-17(9-7-16)27(4)5)24(33)28-11-10-19-22(28)20(30)14-29(19)21(31)13-25-3/h6-9,15,18-19,22,25H,10-14H2,1-5H3,(H,26,32)/t18-,19?,22?/m0/s1. The maximum Gasteiger partial charge on any atom is 0.251 e. The van der Waals surface area contributed by atoms with Crippen LogP contribution in [0.2, 0.25) is 0 Å². The summed E-state index contributed by atoms with van der Waals surface area (Å²) < 4.78 is 0. The SMILES string of the molecule is CNCC(=O)N1CC(=O)C2C1CCN2C(=O)[C@H](CC(C)C)NC(=O)c1ccc(N(C)C)cc1. The van der Waals surface area contributed by atoms with Gasteiger partial charge in [0, 0.05) is 31.9 Å². The molecule has 2 heterocycles. The van der Waals surface area contributed by atoms with Crippen LogP contribution in [0.1, 0.15) is 37.0 Å². The number of amides is 3. The maximum absolute atomic E-state index is 13.5. The molecule has 3 amide bonds. The first-order chi connectivity index (χ1) is 15.6. The van der Waals surface area contributed by atoms with Crippen LogP contribution in [0, 0.1) is 5.92 Å². The van der Waals surface area contributed by atoms with Crippen LogP contribution in [0.15, 0.2) is 24.3 Å². The number of ketones is 1. The molecule has 0 bridgehead atoms. The minimum absolute atomic E-state index is 0.0268. The normalized spacial score (nSPS) is 20.7. The average molecular weight is 458 g/mol. The largest absolute Gasteiger partial charge is 0.378 e. The molecular formula is C24H35N5O4. The van der Waals surface area contributed by atoms with Gasteiger partial charge in [-0.3, -0.25) is 19.2 Å². The van der Waals surface area contributed by atoms with Gasteiger partial charge in [0.15, 0.2) is 5.78 Å². The van der Waals surface area contributed by atoms with Crippen LogP contribution in [-0.2, 0) is 14.4 Å². The van der Waals surface area contributed by atoms with Gasteiger partial charge in [0.2, 0.25) is 11.8 Å². The molecule has 0 saturated carbocycles. The molecule has 2 aliphatic rings. The van der Waals surface area contributed by atoms with Gasteiger partial charge in [-0.05, 0) is 50.1 Å². The topological polar surface area (TPSA) is 102 Å². The van der Waals surface area contributed by atoms with Gasteiger partial charge in [0.25, 0.3) is 5.91 Å². The summed E-state index contributed by atoms with van der Waals surface area (Å²) in [6.07, 6.45) is 1.02. The Morgan fingerprint density at radius 2 is 1.79 bits per heavy atom. The van der Waals surface area contributed by atoms with Crippen molar-refractivity contribution in [1.29, 1.82) is 0 Å². The highest BCUT2D eigenvalue weighted by Gasteiger charge is 2.52. The van der Waals surface area contributed by atoms with Gasteiger partial charge in [0.05, 0.1) is 19.1 Å².